The van der Waals surface area contributed by atoms with Crippen molar-refractivity contribution in [2.75, 3.05) is 26.8 Å². The van der Waals surface area contributed by atoms with E-state index in [1.807, 2.05) is 31.1 Å². The Morgan fingerprint density at radius 3 is 2.35 bits per heavy atom. The highest BCUT2D eigenvalue weighted by Gasteiger charge is 2.52. The molecule has 2 saturated carbocycles. The molecule has 4 N–H and O–H groups in total. The molecule has 6 atom stereocenters. The first-order valence-corrected chi connectivity index (χ1v) is 18.3. The molecule has 11 heteroatoms. The molecule has 3 amide bonds. The minimum atomic E-state index is -0.674. The molecule has 2 aromatic carbocycles. The van der Waals surface area contributed by atoms with Gasteiger partial charge in [-0.3, -0.25) is 14.6 Å². The second kappa shape index (κ2) is 14.8. The summed E-state index contributed by atoms with van der Waals surface area (Å²) in [4.78, 5) is 53.3. The molecule has 1 aromatic heterocycles. The number of rotatable bonds is 11. The van der Waals surface area contributed by atoms with E-state index in [9.17, 15) is 19.5 Å². The standard InChI is InChI=1S/C40H48N6O5/c1-23(2)36(45-40(50)51-3)39(49)46-17-4-5-33(46)37-43-22-32(44-37)27-12-10-25(11-13-27)24-6-8-26(9-7-24)30-20-31(42-21-30)34-28-14-15-29(19-28)35(34)38(48)41-16-18-47/h6-13,21-23,28-29,33-36,47H,4-5,14-20H2,1-3H3,(H,41,48)(H,43,44)(H,45,50)/t28?,29?,33-,34?,35+,36-/m0/s1. The molecular weight excluding hydrogens is 644 g/mol. The molecule has 11 nitrogen and oxygen atoms in total. The Hall–Kier alpha value is -4.77. The molecule has 3 heterocycles. The van der Waals surface area contributed by atoms with Gasteiger partial charge in [0.2, 0.25) is 11.8 Å². The number of aromatic nitrogens is 2. The molecule has 3 fully saturated rings. The number of hydrogen-bond donors (Lipinski definition) is 4. The number of aliphatic hydroxyl groups excluding tert-OH is 1. The topological polar surface area (TPSA) is 149 Å². The third-order valence-corrected chi connectivity index (χ3v) is 11.4. The number of nitrogens with zero attached hydrogens (tertiary/aromatic N) is 3. The molecule has 3 unspecified atom stereocenters. The SMILES string of the molecule is COC(=O)N[C@H](C(=O)N1CCC[C@H]1c1ncc(-c2ccc(-c3ccc(C4=CN=C(C5C6CCC(C6)[C@H]5C(=O)NCCO)C4)cc3)cc2)[nH]1)C(C)C. The lowest BCUT2D eigenvalue weighted by molar-refractivity contribution is -0.135. The maximum Gasteiger partial charge on any atom is 0.407 e. The number of nitrogens with one attached hydrogen (secondary N) is 3. The van der Waals surface area contributed by atoms with Gasteiger partial charge in [-0.2, -0.15) is 0 Å². The Morgan fingerprint density at radius 2 is 1.67 bits per heavy atom. The number of aliphatic imine (C=N–C) groups is 1. The number of allylic oxidation sites excluding steroid dienone is 1. The number of likely N-dealkylation sites (tertiary alicyclic amines) is 1. The van der Waals surface area contributed by atoms with Crippen LogP contribution >= 0.6 is 0 Å². The first-order valence-electron chi connectivity index (χ1n) is 18.3. The number of aromatic amines is 1. The van der Waals surface area contributed by atoms with Gasteiger partial charge in [0.15, 0.2) is 0 Å². The van der Waals surface area contributed by atoms with Crippen molar-refractivity contribution in [3.8, 4) is 22.4 Å². The molecule has 2 aliphatic carbocycles. The fourth-order valence-electron chi connectivity index (χ4n) is 8.84. The van der Waals surface area contributed by atoms with Crippen molar-refractivity contribution in [3.05, 3.63) is 72.3 Å². The highest BCUT2D eigenvalue weighted by Crippen LogP contribution is 2.54. The zero-order chi connectivity index (χ0) is 35.6. The van der Waals surface area contributed by atoms with E-state index in [2.05, 4.69) is 69.1 Å². The number of methoxy groups -OCH3 is 1. The van der Waals surface area contributed by atoms with Crippen molar-refractivity contribution in [1.82, 2.24) is 25.5 Å². The Labute approximate surface area is 299 Å². The van der Waals surface area contributed by atoms with E-state index in [0.29, 0.717) is 24.9 Å². The number of benzene rings is 2. The number of carbonyl (C=O) groups excluding carboxylic acids is 3. The highest BCUT2D eigenvalue weighted by molar-refractivity contribution is 6.02. The number of amides is 3. The van der Waals surface area contributed by atoms with Gasteiger partial charge in [0, 0.05) is 43.3 Å². The Bertz CT molecular complexity index is 1810. The molecule has 268 valence electrons. The summed E-state index contributed by atoms with van der Waals surface area (Å²) in [6, 6.07) is 16.1. The molecule has 7 rings (SSSR count). The van der Waals surface area contributed by atoms with Gasteiger partial charge in [-0.25, -0.2) is 9.78 Å². The van der Waals surface area contributed by atoms with Gasteiger partial charge in [-0.05, 0) is 77.7 Å². The number of ether oxygens (including phenoxy) is 1. The lowest BCUT2D eigenvalue weighted by Gasteiger charge is -2.30. The van der Waals surface area contributed by atoms with E-state index in [-0.39, 0.29) is 42.2 Å². The first kappa shape index (κ1) is 34.7. The minimum absolute atomic E-state index is 0.0404. The van der Waals surface area contributed by atoms with Gasteiger partial charge in [0.25, 0.3) is 0 Å². The summed E-state index contributed by atoms with van der Waals surface area (Å²) in [7, 11) is 1.30. The fourth-order valence-corrected chi connectivity index (χ4v) is 8.84. The van der Waals surface area contributed by atoms with Gasteiger partial charge < -0.3 is 30.4 Å². The molecule has 2 aliphatic heterocycles. The largest absolute Gasteiger partial charge is 0.453 e. The average Bonchev–Trinajstić information content (AvgIpc) is 4.00. The van der Waals surface area contributed by atoms with Crippen LogP contribution in [0.25, 0.3) is 28.0 Å². The molecular formula is C40H48N6O5. The van der Waals surface area contributed by atoms with Crippen LogP contribution in [0.15, 0.2) is 65.9 Å². The highest BCUT2D eigenvalue weighted by atomic mass is 16.5. The maximum atomic E-state index is 13.5. The molecule has 3 aromatic rings. The summed E-state index contributed by atoms with van der Waals surface area (Å²) >= 11 is 0. The monoisotopic (exact) mass is 692 g/mol. The molecule has 0 spiro atoms. The number of carbonyl (C=O) groups is 3. The van der Waals surface area contributed by atoms with Gasteiger partial charge in [0.05, 0.1) is 31.6 Å². The summed E-state index contributed by atoms with van der Waals surface area (Å²) < 4.78 is 4.75. The number of aliphatic hydroxyl groups is 1. The summed E-state index contributed by atoms with van der Waals surface area (Å²) in [5.74, 6) is 1.67. The van der Waals surface area contributed by atoms with E-state index in [0.717, 1.165) is 71.6 Å². The summed E-state index contributed by atoms with van der Waals surface area (Å²) in [5, 5.41) is 14.8. The third-order valence-electron chi connectivity index (χ3n) is 11.4. The number of hydrogen-bond acceptors (Lipinski definition) is 7. The van der Waals surface area contributed by atoms with Crippen molar-refractivity contribution in [1.29, 1.82) is 0 Å². The molecule has 0 radical (unpaired) electrons. The minimum Gasteiger partial charge on any atom is -0.453 e. The van der Waals surface area contributed by atoms with Crippen LogP contribution in [0.5, 0.6) is 0 Å². The summed E-state index contributed by atoms with van der Waals surface area (Å²) in [6.07, 6.45) is 8.99. The Morgan fingerprint density at radius 1 is 0.980 bits per heavy atom. The smallest absolute Gasteiger partial charge is 0.407 e. The predicted octanol–water partition coefficient (Wildman–Crippen LogP) is 5.74. The number of imidazole rings is 1. The van der Waals surface area contributed by atoms with Crippen molar-refractivity contribution in [2.24, 2.45) is 34.6 Å². The summed E-state index contributed by atoms with van der Waals surface area (Å²) in [5.41, 5.74) is 7.56. The van der Waals surface area contributed by atoms with E-state index in [4.69, 9.17) is 9.73 Å². The number of alkyl carbamates (subject to hydrolysis) is 1. The van der Waals surface area contributed by atoms with E-state index in [1.54, 1.807) is 0 Å². The van der Waals surface area contributed by atoms with Crippen LogP contribution in [0, 0.1) is 29.6 Å². The predicted molar refractivity (Wildman–Crippen MR) is 195 cm³/mol. The van der Waals surface area contributed by atoms with E-state index >= 15 is 0 Å². The van der Waals surface area contributed by atoms with Crippen molar-refractivity contribution < 1.29 is 24.2 Å². The van der Waals surface area contributed by atoms with Gasteiger partial charge in [-0.1, -0.05) is 62.4 Å². The quantitative estimate of drug-likeness (QED) is 0.201. The molecule has 2 bridgehead atoms. The second-order valence-corrected chi connectivity index (χ2v) is 14.7. The third kappa shape index (κ3) is 6.96. The van der Waals surface area contributed by atoms with Crippen LogP contribution in [-0.4, -0.2) is 76.4 Å². The molecule has 51 heavy (non-hydrogen) atoms. The Balaban J connectivity index is 0.982. The molecule has 1 saturated heterocycles. The van der Waals surface area contributed by atoms with Crippen LogP contribution in [0.3, 0.4) is 0 Å². The van der Waals surface area contributed by atoms with Crippen molar-refractivity contribution >= 4 is 29.2 Å². The zero-order valence-electron chi connectivity index (χ0n) is 29.6. The number of H-pyrrole nitrogens is 1. The Kier molecular flexibility index (Phi) is 10.1. The average molecular weight is 693 g/mol. The molecule has 4 aliphatic rings. The van der Waals surface area contributed by atoms with Crippen LogP contribution in [-0.2, 0) is 14.3 Å². The van der Waals surface area contributed by atoms with Crippen LogP contribution in [0.4, 0.5) is 4.79 Å². The zero-order valence-corrected chi connectivity index (χ0v) is 29.6. The van der Waals surface area contributed by atoms with Gasteiger partial charge in [0.1, 0.15) is 11.9 Å². The lowest BCUT2D eigenvalue weighted by Crippen LogP contribution is -2.51. The lowest BCUT2D eigenvalue weighted by atomic mass is 9.75. The normalized spacial score (nSPS) is 24.4. The summed E-state index contributed by atoms with van der Waals surface area (Å²) in [6.45, 7) is 4.68. The van der Waals surface area contributed by atoms with Crippen molar-refractivity contribution in [3.63, 3.8) is 0 Å². The maximum absolute atomic E-state index is 13.5. The van der Waals surface area contributed by atoms with Crippen LogP contribution in [0.1, 0.15) is 69.8 Å². The van der Waals surface area contributed by atoms with E-state index < -0.39 is 12.1 Å². The van der Waals surface area contributed by atoms with Crippen molar-refractivity contribution in [2.45, 2.75) is 64.5 Å². The first-order chi connectivity index (χ1) is 24.7. The second-order valence-electron chi connectivity index (χ2n) is 14.7. The number of fused-ring (bicyclic) bond motifs is 2. The van der Waals surface area contributed by atoms with Crippen LogP contribution in [0.2, 0.25) is 0 Å². The van der Waals surface area contributed by atoms with Crippen LogP contribution < -0.4 is 10.6 Å². The van der Waals surface area contributed by atoms with Gasteiger partial charge >= 0.3 is 6.09 Å². The van der Waals surface area contributed by atoms with Gasteiger partial charge in [-0.15, -0.1) is 0 Å². The fraction of sp³-hybridized carbons (Fsp3) is 0.475. The van der Waals surface area contributed by atoms with E-state index in [1.165, 1.54) is 19.1 Å².